The molecule has 0 bridgehead atoms. The van der Waals surface area contributed by atoms with Crippen molar-refractivity contribution in [1.82, 2.24) is 25.4 Å². The molecule has 0 aliphatic carbocycles. The summed E-state index contributed by atoms with van der Waals surface area (Å²) in [5, 5.41) is 20.1. The second kappa shape index (κ2) is 7.29. The van der Waals surface area contributed by atoms with Gasteiger partial charge in [-0.05, 0) is 18.6 Å². The van der Waals surface area contributed by atoms with Crippen LogP contribution in [0.5, 0.6) is 0 Å². The van der Waals surface area contributed by atoms with Gasteiger partial charge in [0.1, 0.15) is 5.01 Å². The van der Waals surface area contributed by atoms with E-state index in [-0.39, 0.29) is 11.7 Å². The normalized spacial score (nSPS) is 10.7. The molecule has 0 radical (unpaired) electrons. The third-order valence-electron chi connectivity index (χ3n) is 2.66. The summed E-state index contributed by atoms with van der Waals surface area (Å²) in [5.74, 6) is 0.322. The number of pyridine rings is 1. The highest BCUT2D eigenvalue weighted by Gasteiger charge is 2.12. The molecule has 0 atom stereocenters. The molecule has 23 heavy (non-hydrogen) atoms. The van der Waals surface area contributed by atoms with Crippen molar-refractivity contribution in [3.63, 3.8) is 0 Å². The van der Waals surface area contributed by atoms with Crippen molar-refractivity contribution in [2.45, 2.75) is 18.6 Å². The van der Waals surface area contributed by atoms with E-state index in [0.29, 0.717) is 16.2 Å². The third kappa shape index (κ3) is 4.11. The van der Waals surface area contributed by atoms with Gasteiger partial charge in [0.25, 0.3) is 5.22 Å². The Labute approximate surface area is 139 Å². The van der Waals surface area contributed by atoms with Gasteiger partial charge < -0.3 is 4.42 Å². The topological polar surface area (TPSA) is 107 Å². The minimum Gasteiger partial charge on any atom is -0.411 e. The molecular weight excluding hydrogens is 336 g/mol. The summed E-state index contributed by atoms with van der Waals surface area (Å²) in [5.41, 5.74) is 0.734. The summed E-state index contributed by atoms with van der Waals surface area (Å²) in [6.07, 6.45) is 4.09. The number of nitrogens with one attached hydrogen (secondary N) is 1. The lowest BCUT2D eigenvalue weighted by molar-refractivity contribution is -0.113. The Morgan fingerprint density at radius 2 is 2.26 bits per heavy atom. The number of anilines is 1. The Hall–Kier alpha value is -2.33. The Morgan fingerprint density at radius 1 is 1.35 bits per heavy atom. The van der Waals surface area contributed by atoms with Crippen LogP contribution >= 0.6 is 23.1 Å². The molecule has 0 aromatic carbocycles. The first-order chi connectivity index (χ1) is 11.2. The van der Waals surface area contributed by atoms with Crippen molar-refractivity contribution < 1.29 is 9.21 Å². The summed E-state index contributed by atoms with van der Waals surface area (Å²) in [4.78, 5) is 15.9. The second-order valence-corrected chi connectivity index (χ2v) is 6.29. The monoisotopic (exact) mass is 348 g/mol. The van der Waals surface area contributed by atoms with Crippen LogP contribution in [0, 0.1) is 0 Å². The smallest absolute Gasteiger partial charge is 0.277 e. The number of carbonyl (C=O) groups is 1. The predicted molar refractivity (Wildman–Crippen MR) is 86.2 cm³/mol. The number of carbonyl (C=O) groups excluding carboxylic acids is 1. The molecule has 0 saturated heterocycles. The third-order valence-corrected chi connectivity index (χ3v) is 4.46. The molecule has 118 valence electrons. The summed E-state index contributed by atoms with van der Waals surface area (Å²) in [6.45, 7) is 1.98. The Bertz CT molecular complexity index is 789. The SMILES string of the molecule is CCc1nnc(NC(=O)CSc2nnc(-c3cccnc3)o2)s1. The van der Waals surface area contributed by atoms with Crippen LogP contribution < -0.4 is 5.32 Å². The fourth-order valence-corrected chi connectivity index (χ4v) is 2.86. The summed E-state index contributed by atoms with van der Waals surface area (Å²) < 4.78 is 5.49. The fraction of sp³-hybridized carbons (Fsp3) is 0.231. The Kier molecular flexibility index (Phi) is 4.93. The van der Waals surface area contributed by atoms with Crippen LogP contribution in [-0.2, 0) is 11.2 Å². The van der Waals surface area contributed by atoms with E-state index in [1.54, 1.807) is 18.5 Å². The van der Waals surface area contributed by atoms with Gasteiger partial charge in [-0.2, -0.15) is 0 Å². The summed E-state index contributed by atoms with van der Waals surface area (Å²) in [6, 6.07) is 3.61. The van der Waals surface area contributed by atoms with Gasteiger partial charge in [-0.25, -0.2) is 0 Å². The minimum atomic E-state index is -0.199. The number of hydrogen-bond acceptors (Lipinski definition) is 9. The first kappa shape index (κ1) is 15.6. The molecule has 3 aromatic heterocycles. The van der Waals surface area contributed by atoms with Gasteiger partial charge >= 0.3 is 0 Å². The molecule has 8 nitrogen and oxygen atoms in total. The maximum atomic E-state index is 11.9. The zero-order valence-corrected chi connectivity index (χ0v) is 13.7. The van der Waals surface area contributed by atoms with Crippen molar-refractivity contribution >= 4 is 34.1 Å². The van der Waals surface area contributed by atoms with Crippen LogP contribution in [0.1, 0.15) is 11.9 Å². The van der Waals surface area contributed by atoms with E-state index in [2.05, 4.69) is 30.7 Å². The lowest BCUT2D eigenvalue weighted by Gasteiger charge is -1.98. The molecule has 3 rings (SSSR count). The molecule has 10 heteroatoms. The van der Waals surface area contributed by atoms with Crippen LogP contribution in [0.3, 0.4) is 0 Å². The molecule has 0 aliphatic rings. The van der Waals surface area contributed by atoms with Crippen LogP contribution in [0.2, 0.25) is 0 Å². The number of nitrogens with zero attached hydrogens (tertiary/aromatic N) is 5. The zero-order chi connectivity index (χ0) is 16.1. The fourth-order valence-electron chi connectivity index (χ4n) is 1.60. The van der Waals surface area contributed by atoms with Gasteiger partial charge in [-0.1, -0.05) is 30.0 Å². The summed E-state index contributed by atoms with van der Waals surface area (Å²) >= 11 is 2.52. The van der Waals surface area contributed by atoms with Crippen LogP contribution in [0.15, 0.2) is 34.2 Å². The van der Waals surface area contributed by atoms with E-state index in [0.717, 1.165) is 28.8 Å². The molecule has 1 N–H and O–H groups in total. The van der Waals surface area contributed by atoms with Gasteiger partial charge in [0.05, 0.1) is 11.3 Å². The van der Waals surface area contributed by atoms with Gasteiger partial charge in [-0.15, -0.1) is 20.4 Å². The van der Waals surface area contributed by atoms with Gasteiger partial charge in [-0.3, -0.25) is 15.1 Å². The van der Waals surface area contributed by atoms with E-state index < -0.39 is 0 Å². The van der Waals surface area contributed by atoms with E-state index in [1.807, 2.05) is 13.0 Å². The number of hydrogen-bond donors (Lipinski definition) is 1. The van der Waals surface area contributed by atoms with Crippen molar-refractivity contribution in [2.75, 3.05) is 11.1 Å². The number of amides is 1. The summed E-state index contributed by atoms with van der Waals surface area (Å²) in [7, 11) is 0. The lowest BCUT2D eigenvalue weighted by atomic mass is 10.3. The van der Waals surface area contributed by atoms with Gasteiger partial charge in [0.2, 0.25) is 16.9 Å². The molecule has 1 amide bonds. The maximum absolute atomic E-state index is 11.9. The standard InChI is InChI=1S/C13H12N6O2S2/c1-2-10-16-18-12(23-10)15-9(20)7-22-13-19-17-11(21-13)8-4-3-5-14-6-8/h3-6H,2,7H2,1H3,(H,15,18,20). The highest BCUT2D eigenvalue weighted by atomic mass is 32.2. The molecule has 3 heterocycles. The van der Waals surface area contributed by atoms with Crippen LogP contribution in [-0.4, -0.2) is 37.0 Å². The quantitative estimate of drug-likeness (QED) is 0.676. The lowest BCUT2D eigenvalue weighted by Crippen LogP contribution is -2.13. The van der Waals surface area contributed by atoms with Crippen molar-refractivity contribution in [1.29, 1.82) is 0 Å². The first-order valence-corrected chi connectivity index (χ1v) is 8.53. The number of aromatic nitrogens is 5. The molecular formula is C13H12N6O2S2. The zero-order valence-electron chi connectivity index (χ0n) is 12.1. The molecule has 0 unspecified atom stereocenters. The van der Waals surface area contributed by atoms with Crippen LogP contribution in [0.4, 0.5) is 5.13 Å². The van der Waals surface area contributed by atoms with Crippen molar-refractivity contribution in [3.05, 3.63) is 29.5 Å². The predicted octanol–water partition coefficient (Wildman–Crippen LogP) is 2.28. The number of thioether (sulfide) groups is 1. The minimum absolute atomic E-state index is 0.149. The first-order valence-electron chi connectivity index (χ1n) is 6.73. The average molecular weight is 348 g/mol. The second-order valence-electron chi connectivity index (χ2n) is 4.31. The van der Waals surface area contributed by atoms with Gasteiger partial charge in [0, 0.05) is 12.4 Å². The molecule has 0 aliphatic heterocycles. The van der Waals surface area contributed by atoms with Crippen LogP contribution in [0.25, 0.3) is 11.5 Å². The van der Waals surface area contributed by atoms with E-state index in [9.17, 15) is 4.79 Å². The number of aryl methyl sites for hydroxylation is 1. The Morgan fingerprint density at radius 3 is 3.00 bits per heavy atom. The maximum Gasteiger partial charge on any atom is 0.277 e. The van der Waals surface area contributed by atoms with Crippen molar-refractivity contribution in [2.24, 2.45) is 0 Å². The highest BCUT2D eigenvalue weighted by Crippen LogP contribution is 2.23. The van der Waals surface area contributed by atoms with E-state index in [4.69, 9.17) is 4.42 Å². The number of rotatable bonds is 6. The molecule has 0 spiro atoms. The average Bonchev–Trinajstić information content (AvgIpc) is 3.23. The largest absolute Gasteiger partial charge is 0.411 e. The Balaban J connectivity index is 1.54. The van der Waals surface area contributed by atoms with E-state index in [1.165, 1.54) is 11.3 Å². The molecule has 0 saturated carbocycles. The van der Waals surface area contributed by atoms with E-state index >= 15 is 0 Å². The highest BCUT2D eigenvalue weighted by molar-refractivity contribution is 7.99. The van der Waals surface area contributed by atoms with Gasteiger partial charge in [0.15, 0.2) is 0 Å². The van der Waals surface area contributed by atoms with Crippen molar-refractivity contribution in [3.8, 4) is 11.5 Å². The molecule has 3 aromatic rings. The molecule has 0 fully saturated rings.